The second-order valence-corrected chi connectivity index (χ2v) is 20.2. The van der Waals surface area contributed by atoms with Gasteiger partial charge < -0.3 is 10.0 Å². The first-order valence-corrected chi connectivity index (χ1v) is 20.5. The van der Waals surface area contributed by atoms with Gasteiger partial charge in [-0.1, -0.05) is 76.7 Å². The third-order valence-electron chi connectivity index (χ3n) is 5.40. The molecule has 1 N–H and O–H groups in total. The second kappa shape index (κ2) is 17.0. The Kier molecular flexibility index (Phi) is 17.4. The third-order valence-corrected chi connectivity index (χ3v) is 12.5. The van der Waals surface area contributed by atoms with Gasteiger partial charge in [-0.15, -0.1) is 28.1 Å². The van der Waals surface area contributed by atoms with Crippen molar-refractivity contribution in [1.82, 2.24) is 20.0 Å². The van der Waals surface area contributed by atoms with Gasteiger partial charge in [0.15, 0.2) is 0 Å². The topological polar surface area (TPSA) is 130 Å². The fourth-order valence-corrected chi connectivity index (χ4v) is 8.39. The maximum Gasteiger partial charge on any atom is 0.252 e. The number of halogens is 3. The van der Waals surface area contributed by atoms with E-state index in [0.29, 0.717) is 0 Å². The Labute approximate surface area is 265 Å². The molecule has 0 aromatic carbocycles. The molecule has 0 bridgehead atoms. The van der Waals surface area contributed by atoms with Crippen molar-refractivity contribution in [3.05, 3.63) is 11.1 Å². The Balaban J connectivity index is 0.00000648. The molecule has 2 fully saturated rings. The van der Waals surface area contributed by atoms with E-state index in [9.17, 15) is 29.1 Å². The Morgan fingerprint density at radius 3 is 2.16 bits per heavy atom. The van der Waals surface area contributed by atoms with Gasteiger partial charge >= 0.3 is 0 Å². The van der Waals surface area contributed by atoms with Crippen LogP contribution in [0.15, 0.2) is 11.1 Å². The van der Waals surface area contributed by atoms with Crippen molar-refractivity contribution in [2.75, 3.05) is 20.0 Å². The van der Waals surface area contributed by atoms with Crippen molar-refractivity contribution in [1.29, 1.82) is 0 Å². The van der Waals surface area contributed by atoms with Crippen LogP contribution < -0.4 is 10.4 Å². The van der Waals surface area contributed by atoms with Gasteiger partial charge in [0.2, 0.25) is 29.5 Å². The second-order valence-electron chi connectivity index (χ2n) is 7.77. The average molecular weight is 903 g/mol. The average Bonchev–Trinajstić information content (AvgIpc) is 3.20. The largest absolute Gasteiger partial charge is 0.875 e. The number of allylic oxidation sites excluding steroid dienone is 1. The van der Waals surface area contributed by atoms with E-state index in [2.05, 4.69) is 36.8 Å². The summed E-state index contributed by atoms with van der Waals surface area (Å²) in [5.74, 6) is -2.82. The van der Waals surface area contributed by atoms with Gasteiger partial charge in [-0.3, -0.25) is 39.1 Å². The summed E-state index contributed by atoms with van der Waals surface area (Å²) in [7, 11) is 14.3. The Morgan fingerprint density at radius 1 is 1.16 bits per heavy atom. The van der Waals surface area contributed by atoms with E-state index in [1.54, 1.807) is 0 Å². The molecule has 2 aliphatic heterocycles. The minimum absolute atomic E-state index is 0. The van der Waals surface area contributed by atoms with Gasteiger partial charge in [-0.05, 0) is 5.31 Å². The first kappa shape index (κ1) is 37.9. The summed E-state index contributed by atoms with van der Waals surface area (Å²) in [6.07, 6.45) is -0.203. The van der Waals surface area contributed by atoms with Crippen molar-refractivity contribution in [2.45, 2.75) is 52.5 Å². The lowest BCUT2D eigenvalue weighted by Gasteiger charge is -2.30. The van der Waals surface area contributed by atoms with Crippen molar-refractivity contribution in [3.8, 4) is 0 Å². The summed E-state index contributed by atoms with van der Waals surface area (Å²) in [4.78, 5) is 66.4. The summed E-state index contributed by atoms with van der Waals surface area (Å²) in [6, 6.07) is 0. The molecule has 2 rings (SSSR count). The summed E-state index contributed by atoms with van der Waals surface area (Å²) in [5, 5.41) is 15.1. The zero-order valence-corrected chi connectivity index (χ0v) is 27.9. The number of imide groups is 2. The maximum atomic E-state index is 13.1. The number of hydrogen-bond acceptors (Lipinski definition) is 7. The molecular formula is C18H28B3I3N4O6P3-. The number of hydrogen-bond donors (Lipinski definition) is 1. The van der Waals surface area contributed by atoms with Crippen LogP contribution in [0.2, 0.25) is 5.82 Å². The van der Waals surface area contributed by atoms with Crippen LogP contribution in [0.1, 0.15) is 41.0 Å². The summed E-state index contributed by atoms with van der Waals surface area (Å²) in [6.45, 7) is 0.660. The van der Waals surface area contributed by atoms with Crippen LogP contribution in [0.4, 0.5) is 0 Å². The fraction of sp³-hybridized carbons (Fsp3) is 0.611. The van der Waals surface area contributed by atoms with Crippen molar-refractivity contribution in [3.63, 3.8) is 0 Å². The molecule has 37 heavy (non-hydrogen) atoms. The van der Waals surface area contributed by atoms with Crippen LogP contribution in [0.3, 0.4) is 0 Å². The molecule has 5 atom stereocenters. The number of carbonyl (C=O) groups is 5. The molecule has 0 saturated carbocycles. The van der Waals surface area contributed by atoms with Gasteiger partial charge in [-0.25, -0.2) is 0 Å². The summed E-state index contributed by atoms with van der Waals surface area (Å²) >= 11 is 5.90. The number of likely N-dealkylation sites (tertiary alicyclic amines) is 2. The molecule has 0 aromatic rings. The standard InChI is InChI=1S/C16H21B3I3N4O6P3.2CH4/c1-8(27)10(34(17)21)3-12(28)24(7-26-14(30)4-11(16(26)32)35(18)22)5-23-6-25-13(29)2-9(15(25)31)19(20)33;;/h9,11,23,27H,2-7,33H2,1H3;2*1H4/p-1. The van der Waals surface area contributed by atoms with E-state index in [0.717, 1.165) is 9.80 Å². The normalized spacial score (nSPS) is 21.8. The highest BCUT2D eigenvalue weighted by Crippen LogP contribution is 2.51. The number of nitrogens with one attached hydrogen (secondary N) is 1. The lowest BCUT2D eigenvalue weighted by molar-refractivity contribution is -0.302. The van der Waals surface area contributed by atoms with E-state index in [-0.39, 0.29) is 81.3 Å². The molecule has 2 aliphatic rings. The third kappa shape index (κ3) is 10.1. The van der Waals surface area contributed by atoms with Crippen LogP contribution in [0.25, 0.3) is 0 Å². The molecule has 202 valence electrons. The van der Waals surface area contributed by atoms with Gasteiger partial charge in [0.25, 0.3) is 4.29 Å². The minimum Gasteiger partial charge on any atom is -0.875 e. The maximum absolute atomic E-state index is 13.1. The van der Waals surface area contributed by atoms with Gasteiger partial charge in [0, 0.05) is 18.7 Å². The summed E-state index contributed by atoms with van der Waals surface area (Å²) < 4.78 is -0.0989. The van der Waals surface area contributed by atoms with Crippen LogP contribution in [0.5, 0.6) is 0 Å². The predicted molar refractivity (Wildman–Crippen MR) is 179 cm³/mol. The van der Waals surface area contributed by atoms with Gasteiger partial charge in [0.1, 0.15) is 21.8 Å². The van der Waals surface area contributed by atoms with Crippen LogP contribution in [0, 0.1) is 0 Å². The fourth-order valence-electron chi connectivity index (χ4n) is 3.42. The molecule has 2 saturated heterocycles. The van der Waals surface area contributed by atoms with Gasteiger partial charge in [-0.2, -0.15) is 9.12 Å². The van der Waals surface area contributed by atoms with E-state index in [1.165, 1.54) is 11.8 Å². The van der Waals surface area contributed by atoms with Crippen LogP contribution >= 0.6 is 86.5 Å². The van der Waals surface area contributed by atoms with Crippen molar-refractivity contribution in [2.24, 2.45) is 0 Å². The number of amides is 5. The van der Waals surface area contributed by atoms with Crippen LogP contribution in [-0.4, -0.2) is 89.3 Å². The lowest BCUT2D eigenvalue weighted by atomic mass is 9.84. The predicted octanol–water partition coefficient (Wildman–Crippen LogP) is 2.42. The highest BCUT2D eigenvalue weighted by molar-refractivity contribution is 14.2. The first-order chi connectivity index (χ1) is 16.3. The highest BCUT2D eigenvalue weighted by atomic mass is 127. The molecule has 0 aliphatic carbocycles. The number of nitrogens with zero attached hydrogens (tertiary/aromatic N) is 3. The Bertz CT molecular complexity index is 930. The minimum atomic E-state index is -1.35. The van der Waals surface area contributed by atoms with E-state index in [1.807, 2.05) is 44.1 Å². The van der Waals surface area contributed by atoms with Gasteiger partial charge in [0.05, 0.1) is 25.4 Å². The molecular weight excluding hydrogens is 874 g/mol. The lowest BCUT2D eigenvalue weighted by Crippen LogP contribution is -2.50. The molecule has 2 heterocycles. The molecule has 4 radical (unpaired) electrons. The smallest absolute Gasteiger partial charge is 0.252 e. The Morgan fingerprint density at radius 2 is 1.73 bits per heavy atom. The van der Waals surface area contributed by atoms with E-state index >= 15 is 0 Å². The number of rotatable bonds is 11. The zero-order valence-electron chi connectivity index (χ0n) is 18.5. The first-order valence-electron chi connectivity index (χ1n) is 10.1. The van der Waals surface area contributed by atoms with Crippen LogP contribution in [-0.2, 0) is 24.0 Å². The van der Waals surface area contributed by atoms with Crippen molar-refractivity contribution < 1.29 is 29.1 Å². The quantitative estimate of drug-likeness (QED) is 0.0843. The molecule has 0 spiro atoms. The molecule has 0 aromatic heterocycles. The Hall–Kier alpha value is 0.925. The summed E-state index contributed by atoms with van der Waals surface area (Å²) in [5.41, 5.74) is -3.18. The highest BCUT2D eigenvalue weighted by Gasteiger charge is 2.43. The van der Waals surface area contributed by atoms with E-state index < -0.39 is 40.1 Å². The monoisotopic (exact) mass is 903 g/mol. The molecule has 10 nitrogen and oxygen atoms in total. The van der Waals surface area contributed by atoms with E-state index in [4.69, 9.17) is 15.1 Å². The van der Waals surface area contributed by atoms with Crippen molar-refractivity contribution >= 4 is 135 Å². The molecule has 5 unspecified atom stereocenters. The number of carbonyl (C=O) groups excluding carboxylic acids is 5. The molecule has 5 amide bonds. The molecule has 19 heteroatoms. The zero-order chi connectivity index (χ0) is 26.6. The SMILES string of the molecule is C.C.[B]P(I)C(CC(=O)N(CNCN1C(=O)CC(B(P)I)C1=O)CN1C(=O)CC(P([B])I)C1=O)=C(C)[O-].